The van der Waals surface area contributed by atoms with E-state index in [2.05, 4.69) is 10.3 Å². The minimum absolute atomic E-state index is 0.0900. The topological polar surface area (TPSA) is 75.9 Å². The highest BCUT2D eigenvalue weighted by atomic mass is 19.3. The van der Waals surface area contributed by atoms with Gasteiger partial charge in [0.05, 0.1) is 24.1 Å². The Morgan fingerprint density at radius 3 is 2.60 bits per heavy atom. The van der Waals surface area contributed by atoms with Gasteiger partial charge in [-0.25, -0.2) is 18.6 Å². The lowest BCUT2D eigenvalue weighted by molar-refractivity contribution is 0.0543. The van der Waals surface area contributed by atoms with Crippen molar-refractivity contribution < 1.29 is 23.1 Å². The molecule has 1 saturated carbocycles. The summed E-state index contributed by atoms with van der Waals surface area (Å²) >= 11 is 0. The standard InChI is InChI=1S/C25H29BF2N4O3/c1-14-9-15(5-8-18(14)23(33)30-17-6-7-17)20-11-29-22-19(10-16(26)12-31(20)22)32(13-21(27)28)24(34)35-25(2,3)4/h5,8-12,17,21H,6-7,13,26H2,1-4H3,(H,30,33). The second-order valence-electron chi connectivity index (χ2n) is 10.00. The third kappa shape index (κ3) is 5.63. The molecule has 2 amide bonds. The zero-order chi connectivity index (χ0) is 25.5. The van der Waals surface area contributed by atoms with Crippen molar-refractivity contribution in [1.82, 2.24) is 14.7 Å². The Balaban J connectivity index is 1.74. The van der Waals surface area contributed by atoms with Crippen molar-refractivity contribution in [2.45, 2.75) is 58.6 Å². The molecular formula is C25H29BF2N4O3. The summed E-state index contributed by atoms with van der Waals surface area (Å²) in [5, 5.41) is 3.00. The number of nitrogens with zero attached hydrogens (tertiary/aromatic N) is 3. The maximum absolute atomic E-state index is 13.5. The second-order valence-corrected chi connectivity index (χ2v) is 10.00. The summed E-state index contributed by atoms with van der Waals surface area (Å²) in [6.07, 6.45) is 1.87. The van der Waals surface area contributed by atoms with Gasteiger partial charge in [0.1, 0.15) is 13.4 Å². The first kappa shape index (κ1) is 24.7. The Kier molecular flexibility index (Phi) is 6.57. The lowest BCUT2D eigenvalue weighted by Gasteiger charge is -2.27. The smallest absolute Gasteiger partial charge is 0.415 e. The van der Waals surface area contributed by atoms with Crippen molar-refractivity contribution in [3.63, 3.8) is 0 Å². The number of hydrogen-bond donors (Lipinski definition) is 1. The largest absolute Gasteiger partial charge is 0.443 e. The number of carbonyl (C=O) groups excluding carboxylic acids is 2. The molecule has 4 rings (SSSR count). The highest BCUT2D eigenvalue weighted by Gasteiger charge is 2.29. The van der Waals surface area contributed by atoms with E-state index < -0.39 is 24.7 Å². The number of aromatic nitrogens is 2. The third-order valence-electron chi connectivity index (χ3n) is 5.63. The molecule has 0 unspecified atom stereocenters. The highest BCUT2D eigenvalue weighted by Crippen LogP contribution is 2.29. The zero-order valence-electron chi connectivity index (χ0n) is 20.6. The van der Waals surface area contributed by atoms with Crippen LogP contribution >= 0.6 is 0 Å². The van der Waals surface area contributed by atoms with Gasteiger partial charge in [0.2, 0.25) is 0 Å². The first-order valence-corrected chi connectivity index (χ1v) is 11.6. The van der Waals surface area contributed by atoms with Crippen LogP contribution < -0.4 is 15.7 Å². The number of fused-ring (bicyclic) bond motifs is 1. The number of carbonyl (C=O) groups is 2. The summed E-state index contributed by atoms with van der Waals surface area (Å²) in [6.45, 7) is 6.10. The van der Waals surface area contributed by atoms with Gasteiger partial charge in [0.15, 0.2) is 5.65 Å². The number of halogens is 2. The van der Waals surface area contributed by atoms with E-state index in [4.69, 9.17) is 4.74 Å². The monoisotopic (exact) mass is 482 g/mol. The minimum Gasteiger partial charge on any atom is -0.443 e. The Morgan fingerprint density at radius 1 is 1.29 bits per heavy atom. The van der Waals surface area contributed by atoms with E-state index >= 15 is 0 Å². The fourth-order valence-electron chi connectivity index (χ4n) is 3.91. The average molecular weight is 482 g/mol. The molecule has 1 aliphatic carbocycles. The van der Waals surface area contributed by atoms with E-state index in [9.17, 15) is 18.4 Å². The summed E-state index contributed by atoms with van der Waals surface area (Å²) in [5.74, 6) is -0.0900. The molecule has 0 saturated heterocycles. The molecule has 7 nitrogen and oxygen atoms in total. The lowest BCUT2D eigenvalue weighted by atomic mass is 9.97. The van der Waals surface area contributed by atoms with Crippen LogP contribution in [0.15, 0.2) is 36.7 Å². The van der Waals surface area contributed by atoms with Crippen LogP contribution in [0.2, 0.25) is 0 Å². The van der Waals surface area contributed by atoms with E-state index in [1.54, 1.807) is 43.5 Å². The Morgan fingerprint density at radius 2 is 2.00 bits per heavy atom. The normalized spacial score (nSPS) is 13.8. The van der Waals surface area contributed by atoms with Crippen molar-refractivity contribution in [3.05, 3.63) is 47.8 Å². The van der Waals surface area contributed by atoms with Crippen LogP contribution in [-0.2, 0) is 4.74 Å². The van der Waals surface area contributed by atoms with Crippen molar-refractivity contribution >= 4 is 36.6 Å². The Labute approximate surface area is 203 Å². The fraction of sp³-hybridized carbons (Fsp3) is 0.400. The van der Waals surface area contributed by atoms with Gasteiger partial charge in [-0.2, -0.15) is 0 Å². The molecule has 1 aromatic carbocycles. The van der Waals surface area contributed by atoms with Gasteiger partial charge >= 0.3 is 6.09 Å². The zero-order valence-corrected chi connectivity index (χ0v) is 20.6. The third-order valence-corrected chi connectivity index (χ3v) is 5.63. The average Bonchev–Trinajstić information content (AvgIpc) is 3.45. The molecule has 2 heterocycles. The molecule has 1 N–H and O–H groups in total. The summed E-state index contributed by atoms with van der Waals surface area (Å²) in [5.41, 5.74) is 3.45. The summed E-state index contributed by atoms with van der Waals surface area (Å²) in [7, 11) is 1.82. The van der Waals surface area contributed by atoms with Crippen molar-refractivity contribution in [3.8, 4) is 11.3 Å². The number of hydrogen-bond acceptors (Lipinski definition) is 4. The maximum atomic E-state index is 13.5. The van der Waals surface area contributed by atoms with Gasteiger partial charge in [-0.3, -0.25) is 14.1 Å². The molecule has 0 spiro atoms. The summed E-state index contributed by atoms with van der Waals surface area (Å²) in [4.78, 5) is 30.8. The quantitative estimate of drug-likeness (QED) is 0.547. The number of nitrogens with one attached hydrogen (secondary N) is 1. The molecule has 3 aromatic rings. The molecule has 1 aliphatic rings. The number of alkyl halides is 2. The van der Waals surface area contributed by atoms with Gasteiger partial charge in [0, 0.05) is 23.4 Å². The number of pyridine rings is 1. The van der Waals surface area contributed by atoms with E-state index in [-0.39, 0.29) is 17.6 Å². The number of imidazole rings is 1. The molecule has 184 valence electrons. The number of benzene rings is 1. The molecule has 1 fully saturated rings. The molecule has 0 radical (unpaired) electrons. The Hall–Kier alpha value is -3.43. The predicted molar refractivity (Wildman–Crippen MR) is 134 cm³/mol. The van der Waals surface area contributed by atoms with E-state index in [1.165, 1.54) is 0 Å². The molecule has 0 aliphatic heterocycles. The number of rotatable bonds is 6. The van der Waals surface area contributed by atoms with Crippen LogP contribution in [0.4, 0.5) is 19.3 Å². The summed E-state index contributed by atoms with van der Waals surface area (Å²) in [6, 6.07) is 7.43. The lowest BCUT2D eigenvalue weighted by Crippen LogP contribution is -2.40. The van der Waals surface area contributed by atoms with E-state index in [0.717, 1.165) is 34.3 Å². The molecule has 10 heteroatoms. The van der Waals surface area contributed by atoms with Gasteiger partial charge in [-0.15, -0.1) is 0 Å². The molecular weight excluding hydrogens is 453 g/mol. The molecule has 0 bridgehead atoms. The van der Waals surface area contributed by atoms with Crippen molar-refractivity contribution in [2.24, 2.45) is 0 Å². The van der Waals surface area contributed by atoms with Crippen LogP contribution in [-0.4, -0.2) is 53.8 Å². The number of ether oxygens (including phenoxy) is 1. The van der Waals surface area contributed by atoms with Crippen LogP contribution in [0.5, 0.6) is 0 Å². The van der Waals surface area contributed by atoms with Crippen LogP contribution in [0.1, 0.15) is 49.5 Å². The first-order chi connectivity index (χ1) is 16.4. The maximum Gasteiger partial charge on any atom is 0.415 e. The highest BCUT2D eigenvalue weighted by molar-refractivity contribution is 6.32. The first-order valence-electron chi connectivity index (χ1n) is 11.6. The van der Waals surface area contributed by atoms with Crippen LogP contribution in [0.3, 0.4) is 0 Å². The van der Waals surface area contributed by atoms with Crippen molar-refractivity contribution in [1.29, 1.82) is 0 Å². The summed E-state index contributed by atoms with van der Waals surface area (Å²) < 4.78 is 34.1. The second kappa shape index (κ2) is 9.32. The number of aryl methyl sites for hydroxylation is 1. The molecule has 0 atom stereocenters. The van der Waals surface area contributed by atoms with Gasteiger partial charge in [-0.1, -0.05) is 11.5 Å². The number of amides is 2. The minimum atomic E-state index is -2.76. The fourth-order valence-corrected chi connectivity index (χ4v) is 3.91. The van der Waals surface area contributed by atoms with E-state index in [0.29, 0.717) is 16.9 Å². The van der Waals surface area contributed by atoms with Gasteiger partial charge in [-0.05, 0) is 64.3 Å². The van der Waals surface area contributed by atoms with Crippen LogP contribution in [0, 0.1) is 6.92 Å². The van der Waals surface area contributed by atoms with Gasteiger partial charge in [0.25, 0.3) is 12.3 Å². The molecule has 35 heavy (non-hydrogen) atoms. The Bertz CT molecular complexity index is 1280. The number of anilines is 1. The SMILES string of the molecule is Bc1cc(N(CC(F)F)C(=O)OC(C)(C)C)c2ncc(-c3ccc(C(=O)NC4CC4)c(C)c3)n2c1. The molecule has 2 aromatic heterocycles. The predicted octanol–water partition coefficient (Wildman–Crippen LogP) is 3.47. The van der Waals surface area contributed by atoms with Crippen LogP contribution in [0.25, 0.3) is 16.9 Å². The van der Waals surface area contributed by atoms with Gasteiger partial charge < -0.3 is 10.1 Å². The van der Waals surface area contributed by atoms with Crippen molar-refractivity contribution in [2.75, 3.05) is 11.4 Å². The van der Waals surface area contributed by atoms with E-state index in [1.807, 2.05) is 33.1 Å².